The third-order valence-electron chi connectivity index (χ3n) is 3.63. The summed E-state index contributed by atoms with van der Waals surface area (Å²) in [5, 5.41) is 0.465. The second-order valence-corrected chi connectivity index (χ2v) is 4.96. The highest BCUT2D eigenvalue weighted by Crippen LogP contribution is 2.32. The van der Waals surface area contributed by atoms with E-state index in [1.807, 2.05) is 0 Å². The lowest BCUT2D eigenvalue weighted by atomic mass is 9.97. The van der Waals surface area contributed by atoms with Crippen molar-refractivity contribution in [3.05, 3.63) is 0 Å². The van der Waals surface area contributed by atoms with Crippen molar-refractivity contribution < 1.29 is 33.4 Å². The summed E-state index contributed by atoms with van der Waals surface area (Å²) in [5.74, 6) is -1.09. The van der Waals surface area contributed by atoms with Gasteiger partial charge in [0.2, 0.25) is 0 Å². The second kappa shape index (κ2) is 5.37. The van der Waals surface area contributed by atoms with Crippen LogP contribution in [0.5, 0.6) is 0 Å². The van der Waals surface area contributed by atoms with Crippen molar-refractivity contribution in [2.45, 2.75) is 38.1 Å². The van der Waals surface area contributed by atoms with E-state index in [1.54, 1.807) is 0 Å². The summed E-state index contributed by atoms with van der Waals surface area (Å²) >= 11 is 0. The Labute approximate surface area is 114 Å². The Balaban J connectivity index is 1.54. The lowest BCUT2D eigenvalue weighted by molar-refractivity contribution is -0.179. The van der Waals surface area contributed by atoms with Crippen LogP contribution in [-0.2, 0) is 28.6 Å². The number of hydrogen-bond donors (Lipinski definition) is 0. The monoisotopic (exact) mass is 285 g/mol. The normalized spacial score (nSPS) is 33.2. The maximum atomic E-state index is 11.6. The second-order valence-electron chi connectivity index (χ2n) is 4.96. The van der Waals surface area contributed by atoms with Crippen molar-refractivity contribution in [1.29, 1.82) is 0 Å². The predicted molar refractivity (Wildman–Crippen MR) is 60.9 cm³/mol. The Bertz CT molecular complexity index is 422. The molecule has 0 aromatic rings. The minimum Gasteiger partial charge on any atom is -0.426 e. The van der Waals surface area contributed by atoms with Crippen LogP contribution in [0.2, 0.25) is 0 Å². The molecule has 110 valence electrons. The van der Waals surface area contributed by atoms with Crippen molar-refractivity contribution in [2.75, 3.05) is 13.2 Å². The van der Waals surface area contributed by atoms with E-state index in [4.69, 9.17) is 14.2 Å². The first-order valence-electron chi connectivity index (χ1n) is 6.63. The van der Waals surface area contributed by atoms with E-state index in [9.17, 15) is 14.4 Å². The van der Waals surface area contributed by atoms with Gasteiger partial charge in [0.1, 0.15) is 6.10 Å². The molecule has 0 unspecified atom stereocenters. The van der Waals surface area contributed by atoms with E-state index in [-0.39, 0.29) is 31.7 Å². The lowest BCUT2D eigenvalue weighted by Crippen LogP contribution is -2.37. The summed E-state index contributed by atoms with van der Waals surface area (Å²) in [4.78, 5) is 38.9. The summed E-state index contributed by atoms with van der Waals surface area (Å²) in [7, 11) is 0. The van der Waals surface area contributed by atoms with Gasteiger partial charge in [-0.3, -0.25) is 14.4 Å². The molecule has 0 saturated carbocycles. The quantitative estimate of drug-likeness (QED) is 0.534. The minimum absolute atomic E-state index is 0.0266. The molecule has 3 heterocycles. The molecule has 0 N–H and O–H groups in total. The first kappa shape index (κ1) is 13.3. The molecule has 3 saturated heterocycles. The van der Waals surface area contributed by atoms with E-state index in [0.717, 1.165) is 12.8 Å². The maximum absolute atomic E-state index is 11.6. The number of carbonyl (C=O) groups excluding carboxylic acids is 3. The van der Waals surface area contributed by atoms with Gasteiger partial charge in [-0.25, -0.2) is 4.79 Å². The van der Waals surface area contributed by atoms with Gasteiger partial charge in [0.15, 0.2) is 6.29 Å². The van der Waals surface area contributed by atoms with Crippen molar-refractivity contribution in [1.82, 2.24) is 5.06 Å². The Morgan fingerprint density at radius 1 is 1.20 bits per heavy atom. The van der Waals surface area contributed by atoms with E-state index >= 15 is 0 Å². The molecule has 0 bridgehead atoms. The molecule has 0 aromatic carbocycles. The zero-order valence-electron chi connectivity index (χ0n) is 10.8. The summed E-state index contributed by atoms with van der Waals surface area (Å²) in [5.41, 5.74) is 0. The van der Waals surface area contributed by atoms with Crippen molar-refractivity contribution in [2.24, 2.45) is 5.92 Å². The predicted octanol–water partition coefficient (Wildman–Crippen LogP) is 0.355. The zero-order valence-corrected chi connectivity index (χ0v) is 10.8. The molecular formula is C12H15NO7. The van der Waals surface area contributed by atoms with Crippen LogP contribution in [0.15, 0.2) is 0 Å². The molecule has 0 radical (unpaired) electrons. The summed E-state index contributed by atoms with van der Waals surface area (Å²) < 4.78 is 15.9. The van der Waals surface area contributed by atoms with Crippen LogP contribution in [0, 0.1) is 5.92 Å². The van der Waals surface area contributed by atoms with Gasteiger partial charge >= 0.3 is 6.16 Å². The molecule has 8 nitrogen and oxygen atoms in total. The van der Waals surface area contributed by atoms with E-state index in [2.05, 4.69) is 4.84 Å². The summed E-state index contributed by atoms with van der Waals surface area (Å²) in [6, 6.07) is 0. The van der Waals surface area contributed by atoms with Gasteiger partial charge in [0.05, 0.1) is 6.61 Å². The van der Waals surface area contributed by atoms with Gasteiger partial charge in [-0.1, -0.05) is 5.06 Å². The fourth-order valence-electron chi connectivity index (χ4n) is 2.62. The van der Waals surface area contributed by atoms with E-state index < -0.39 is 24.1 Å². The minimum atomic E-state index is -1.06. The fraction of sp³-hybridized carbons (Fsp3) is 0.750. The molecule has 0 aliphatic carbocycles. The van der Waals surface area contributed by atoms with Gasteiger partial charge in [-0.2, -0.15) is 0 Å². The van der Waals surface area contributed by atoms with E-state index in [0.29, 0.717) is 11.7 Å². The number of ether oxygens (including phenoxy) is 3. The Morgan fingerprint density at radius 2 is 1.95 bits per heavy atom. The standard InChI is InChI=1S/C12H15NO7/c14-9-3-4-10(15)13(9)20-12(16)19-8-6-18-11-7(8)2-1-5-17-11/h7-8,11H,1-6H2/t7-,8-,11+/m1/s1. The molecule has 3 atom stereocenters. The van der Waals surface area contributed by atoms with Crippen molar-refractivity contribution >= 4 is 18.0 Å². The van der Waals surface area contributed by atoms with Crippen LogP contribution >= 0.6 is 0 Å². The molecule has 3 rings (SSSR count). The topological polar surface area (TPSA) is 91.4 Å². The number of imide groups is 1. The Morgan fingerprint density at radius 3 is 2.70 bits per heavy atom. The molecule has 3 fully saturated rings. The van der Waals surface area contributed by atoms with E-state index in [1.165, 1.54) is 0 Å². The highest BCUT2D eigenvalue weighted by atomic mass is 16.8. The average molecular weight is 285 g/mol. The smallest absolute Gasteiger partial charge is 0.426 e. The number of hydrogen-bond acceptors (Lipinski definition) is 7. The van der Waals surface area contributed by atoms with Gasteiger partial charge in [-0.05, 0) is 12.8 Å². The highest BCUT2D eigenvalue weighted by Gasteiger charge is 2.43. The number of fused-ring (bicyclic) bond motifs is 1. The number of amides is 2. The van der Waals surface area contributed by atoms with Crippen LogP contribution in [0.1, 0.15) is 25.7 Å². The number of nitrogens with zero attached hydrogens (tertiary/aromatic N) is 1. The van der Waals surface area contributed by atoms with Gasteiger partial charge < -0.3 is 14.2 Å². The first-order chi connectivity index (χ1) is 9.65. The highest BCUT2D eigenvalue weighted by molar-refractivity contribution is 6.01. The first-order valence-corrected chi connectivity index (χ1v) is 6.63. The molecule has 0 spiro atoms. The molecule has 20 heavy (non-hydrogen) atoms. The largest absolute Gasteiger partial charge is 0.534 e. The van der Waals surface area contributed by atoms with Gasteiger partial charge in [0, 0.05) is 25.4 Å². The zero-order chi connectivity index (χ0) is 14.1. The molecule has 8 heteroatoms. The summed E-state index contributed by atoms with van der Waals surface area (Å²) in [6.07, 6.45) is -0.0631. The maximum Gasteiger partial charge on any atom is 0.534 e. The number of hydroxylamine groups is 2. The third-order valence-corrected chi connectivity index (χ3v) is 3.63. The third kappa shape index (κ3) is 2.48. The molecule has 2 amide bonds. The van der Waals surface area contributed by atoms with Crippen LogP contribution in [0.4, 0.5) is 4.79 Å². The Kier molecular flexibility index (Phi) is 3.58. The van der Waals surface area contributed by atoms with Crippen molar-refractivity contribution in [3.63, 3.8) is 0 Å². The lowest BCUT2D eigenvalue weighted by Gasteiger charge is -2.26. The number of carbonyl (C=O) groups is 3. The molecule has 3 aliphatic rings. The average Bonchev–Trinajstić information content (AvgIpc) is 2.98. The summed E-state index contributed by atoms with van der Waals surface area (Å²) in [6.45, 7) is 0.863. The van der Waals surface area contributed by atoms with Crippen LogP contribution in [0.25, 0.3) is 0 Å². The van der Waals surface area contributed by atoms with Crippen LogP contribution in [0.3, 0.4) is 0 Å². The number of rotatable bonds is 2. The van der Waals surface area contributed by atoms with Crippen LogP contribution < -0.4 is 0 Å². The molecular weight excluding hydrogens is 270 g/mol. The SMILES string of the molecule is O=C(O[C@@H]1CO[C@@H]2OCCC[C@@H]21)ON1C(=O)CCC1=O. The van der Waals surface area contributed by atoms with Gasteiger partial charge in [0.25, 0.3) is 11.8 Å². The Hall–Kier alpha value is -1.67. The van der Waals surface area contributed by atoms with Crippen LogP contribution in [-0.4, -0.2) is 48.6 Å². The van der Waals surface area contributed by atoms with Gasteiger partial charge in [-0.15, -0.1) is 0 Å². The molecule has 0 aromatic heterocycles. The molecule has 3 aliphatic heterocycles. The van der Waals surface area contributed by atoms with Crippen molar-refractivity contribution in [3.8, 4) is 0 Å². The fourth-order valence-corrected chi connectivity index (χ4v) is 2.62.